The second kappa shape index (κ2) is 6.48. The molecule has 6 nitrogen and oxygen atoms in total. The molecule has 1 aromatic heterocycles. The van der Waals surface area contributed by atoms with Gasteiger partial charge in [0.2, 0.25) is 10.0 Å². The Morgan fingerprint density at radius 3 is 2.67 bits per heavy atom. The summed E-state index contributed by atoms with van der Waals surface area (Å²) in [6.45, 7) is 4.69. The summed E-state index contributed by atoms with van der Waals surface area (Å²) in [5, 5.41) is 0.193. The molecule has 0 amide bonds. The Morgan fingerprint density at radius 1 is 1.52 bits per heavy atom. The van der Waals surface area contributed by atoms with Crippen LogP contribution in [0.4, 0.5) is 5.82 Å². The lowest BCUT2D eigenvalue weighted by molar-refractivity contribution is 0.373. The van der Waals surface area contributed by atoms with Crippen LogP contribution in [-0.2, 0) is 10.0 Å². The highest BCUT2D eigenvalue weighted by atomic mass is 35.5. The number of nitrogens with two attached hydrogens (primary N) is 1. The lowest BCUT2D eigenvalue weighted by Gasteiger charge is -2.22. The number of pyridine rings is 1. The fraction of sp³-hybridized carbons (Fsp3) is 0.615. The zero-order valence-corrected chi connectivity index (χ0v) is 13.8. The average Bonchev–Trinajstić information content (AvgIpc) is 3.22. The molecule has 118 valence electrons. The molecule has 0 saturated heterocycles. The fourth-order valence-corrected chi connectivity index (χ4v) is 4.01. The highest BCUT2D eigenvalue weighted by Crippen LogP contribution is 2.33. The first-order valence-corrected chi connectivity index (χ1v) is 8.82. The lowest BCUT2D eigenvalue weighted by atomic mass is 10.1. The Balaban J connectivity index is 2.27. The topological polar surface area (TPSA) is 88.3 Å². The number of nitrogen functional groups attached to an aromatic ring is 1. The first kappa shape index (κ1) is 16.5. The number of halogens is 1. The zero-order valence-electron chi connectivity index (χ0n) is 12.2. The van der Waals surface area contributed by atoms with Gasteiger partial charge in [-0.05, 0) is 31.2 Å². The number of nitrogens with zero attached hydrogens (tertiary/aromatic N) is 2. The molecular weight excluding hydrogens is 312 g/mol. The molecule has 0 aromatic carbocycles. The normalized spacial score (nSPS) is 15.7. The Bertz CT molecular complexity index is 602. The quantitative estimate of drug-likeness (QED) is 0.590. The molecule has 21 heavy (non-hydrogen) atoms. The van der Waals surface area contributed by atoms with Gasteiger partial charge in [-0.25, -0.2) is 19.2 Å². The summed E-state index contributed by atoms with van der Waals surface area (Å²) in [6, 6.07) is 1.50. The maximum absolute atomic E-state index is 12.8. The minimum Gasteiger partial charge on any atom is -0.307 e. The van der Waals surface area contributed by atoms with Crippen molar-refractivity contribution in [3.8, 4) is 0 Å². The predicted molar refractivity (Wildman–Crippen MR) is 83.4 cm³/mol. The number of nitrogens with one attached hydrogen (secondary N) is 1. The first-order chi connectivity index (χ1) is 9.86. The third-order valence-electron chi connectivity index (χ3n) is 3.44. The lowest BCUT2D eigenvalue weighted by Crippen LogP contribution is -2.34. The summed E-state index contributed by atoms with van der Waals surface area (Å²) in [6.07, 6.45) is 3.96. The molecule has 1 aliphatic rings. The number of hydrogen-bond donors (Lipinski definition) is 2. The maximum atomic E-state index is 12.8. The van der Waals surface area contributed by atoms with E-state index in [-0.39, 0.29) is 21.8 Å². The van der Waals surface area contributed by atoms with E-state index in [2.05, 4.69) is 24.3 Å². The predicted octanol–water partition coefficient (Wildman–Crippen LogP) is 2.22. The van der Waals surface area contributed by atoms with Gasteiger partial charge in [0.15, 0.2) is 5.82 Å². The van der Waals surface area contributed by atoms with E-state index < -0.39 is 10.0 Å². The van der Waals surface area contributed by atoms with Gasteiger partial charge in [-0.15, -0.1) is 0 Å². The number of hydrogen-bond acceptors (Lipinski definition) is 5. The van der Waals surface area contributed by atoms with Crippen LogP contribution in [0.25, 0.3) is 0 Å². The standard InChI is InChI=1S/C13H21ClN4O2S/c1-9(2)5-6-18(10-3-4-10)21(19,20)11-7-12(14)13(17-15)16-8-11/h7-10H,3-6,15H2,1-2H3,(H,16,17). The van der Waals surface area contributed by atoms with Gasteiger partial charge in [-0.1, -0.05) is 25.4 Å². The number of rotatable bonds is 7. The molecule has 0 bridgehead atoms. The molecule has 3 N–H and O–H groups in total. The number of hydrazine groups is 1. The van der Waals surface area contributed by atoms with E-state index in [4.69, 9.17) is 17.4 Å². The second-order valence-electron chi connectivity index (χ2n) is 5.68. The highest BCUT2D eigenvalue weighted by molar-refractivity contribution is 7.89. The molecule has 1 saturated carbocycles. The van der Waals surface area contributed by atoms with E-state index in [0.717, 1.165) is 19.3 Å². The van der Waals surface area contributed by atoms with Crippen molar-refractivity contribution in [2.75, 3.05) is 12.0 Å². The van der Waals surface area contributed by atoms with Crippen LogP contribution in [0.15, 0.2) is 17.2 Å². The van der Waals surface area contributed by atoms with Crippen LogP contribution in [0.3, 0.4) is 0 Å². The Hall–Kier alpha value is -0.890. The smallest absolute Gasteiger partial charge is 0.244 e. The van der Waals surface area contributed by atoms with E-state index in [1.54, 1.807) is 4.31 Å². The number of anilines is 1. The minimum absolute atomic E-state index is 0.111. The summed E-state index contributed by atoms with van der Waals surface area (Å²) in [5.41, 5.74) is 2.33. The molecule has 8 heteroatoms. The Kier molecular flexibility index (Phi) is 5.08. The largest absolute Gasteiger partial charge is 0.307 e. The van der Waals surface area contributed by atoms with Gasteiger partial charge in [-0.2, -0.15) is 4.31 Å². The van der Waals surface area contributed by atoms with Crippen LogP contribution in [0.2, 0.25) is 5.02 Å². The van der Waals surface area contributed by atoms with Crippen molar-refractivity contribution >= 4 is 27.4 Å². The van der Waals surface area contributed by atoms with Crippen LogP contribution >= 0.6 is 11.6 Å². The molecule has 1 fully saturated rings. The molecule has 0 radical (unpaired) electrons. The van der Waals surface area contributed by atoms with Crippen molar-refractivity contribution in [1.82, 2.24) is 9.29 Å². The third kappa shape index (κ3) is 3.85. The van der Waals surface area contributed by atoms with E-state index in [0.29, 0.717) is 12.5 Å². The number of sulfonamides is 1. The molecule has 1 aromatic rings. The third-order valence-corrected chi connectivity index (χ3v) is 5.65. The van der Waals surface area contributed by atoms with Gasteiger partial charge >= 0.3 is 0 Å². The van der Waals surface area contributed by atoms with Crippen LogP contribution in [0.1, 0.15) is 33.1 Å². The molecule has 1 heterocycles. The van der Waals surface area contributed by atoms with Gasteiger partial charge in [0, 0.05) is 18.8 Å². The van der Waals surface area contributed by atoms with Gasteiger partial charge < -0.3 is 5.43 Å². The van der Waals surface area contributed by atoms with E-state index in [1.165, 1.54) is 12.3 Å². The van der Waals surface area contributed by atoms with Crippen LogP contribution in [0.5, 0.6) is 0 Å². The Labute approximate surface area is 130 Å². The average molecular weight is 333 g/mol. The van der Waals surface area contributed by atoms with E-state index >= 15 is 0 Å². The van der Waals surface area contributed by atoms with Crippen molar-refractivity contribution in [2.24, 2.45) is 11.8 Å². The molecule has 0 aliphatic heterocycles. The molecule has 0 unspecified atom stereocenters. The van der Waals surface area contributed by atoms with Crippen molar-refractivity contribution < 1.29 is 8.42 Å². The fourth-order valence-electron chi connectivity index (χ4n) is 2.05. The molecular formula is C13H21ClN4O2S. The molecule has 0 spiro atoms. The van der Waals surface area contributed by atoms with Gasteiger partial charge in [0.05, 0.1) is 5.02 Å². The van der Waals surface area contributed by atoms with Crippen molar-refractivity contribution in [1.29, 1.82) is 0 Å². The SMILES string of the molecule is CC(C)CCN(C1CC1)S(=O)(=O)c1cnc(NN)c(Cl)c1. The van der Waals surface area contributed by atoms with Gasteiger partial charge in [0.1, 0.15) is 4.90 Å². The maximum Gasteiger partial charge on any atom is 0.244 e. The van der Waals surface area contributed by atoms with Crippen LogP contribution in [-0.4, -0.2) is 30.3 Å². The summed E-state index contributed by atoms with van der Waals surface area (Å²) < 4.78 is 27.1. The second-order valence-corrected chi connectivity index (χ2v) is 7.97. The molecule has 0 atom stereocenters. The van der Waals surface area contributed by atoms with E-state index in [1.807, 2.05) is 0 Å². The Morgan fingerprint density at radius 2 is 2.19 bits per heavy atom. The molecule has 1 aliphatic carbocycles. The summed E-state index contributed by atoms with van der Waals surface area (Å²) in [4.78, 5) is 4.06. The highest BCUT2D eigenvalue weighted by Gasteiger charge is 2.38. The van der Waals surface area contributed by atoms with Crippen LogP contribution in [0, 0.1) is 5.92 Å². The summed E-state index contributed by atoms with van der Waals surface area (Å²) in [5.74, 6) is 5.96. The van der Waals surface area contributed by atoms with Gasteiger partial charge in [-0.3, -0.25) is 0 Å². The molecule has 2 rings (SSSR count). The van der Waals surface area contributed by atoms with Crippen molar-refractivity contribution in [3.05, 3.63) is 17.3 Å². The minimum atomic E-state index is -3.56. The zero-order chi connectivity index (χ0) is 15.6. The van der Waals surface area contributed by atoms with Crippen molar-refractivity contribution in [2.45, 2.75) is 44.0 Å². The van der Waals surface area contributed by atoms with Crippen molar-refractivity contribution in [3.63, 3.8) is 0 Å². The monoisotopic (exact) mass is 332 g/mol. The van der Waals surface area contributed by atoms with Crippen LogP contribution < -0.4 is 11.3 Å². The number of aromatic nitrogens is 1. The first-order valence-electron chi connectivity index (χ1n) is 7.00. The summed E-state index contributed by atoms with van der Waals surface area (Å²) >= 11 is 5.98. The summed E-state index contributed by atoms with van der Waals surface area (Å²) in [7, 11) is -3.56. The van der Waals surface area contributed by atoms with E-state index in [9.17, 15) is 8.42 Å². The van der Waals surface area contributed by atoms with Gasteiger partial charge in [0.25, 0.3) is 0 Å².